The smallest absolute Gasteiger partial charge is 0.310 e. The van der Waals surface area contributed by atoms with Crippen molar-refractivity contribution in [2.24, 2.45) is 5.92 Å². The fourth-order valence-electron chi connectivity index (χ4n) is 3.15. The van der Waals surface area contributed by atoms with Gasteiger partial charge in [-0.05, 0) is 50.5 Å². The Morgan fingerprint density at radius 1 is 1.19 bits per heavy atom. The Morgan fingerprint density at radius 2 is 1.92 bits per heavy atom. The molecule has 0 aromatic heterocycles. The molecular formula is C20H26N2O4. The molecule has 1 saturated heterocycles. The topological polar surface area (TPSA) is 67.9 Å². The van der Waals surface area contributed by atoms with Gasteiger partial charge in [0.15, 0.2) is 6.10 Å². The van der Waals surface area contributed by atoms with Crippen LogP contribution in [-0.2, 0) is 19.1 Å². The van der Waals surface area contributed by atoms with Crippen LogP contribution in [0.3, 0.4) is 0 Å². The number of ether oxygens (including phenoxy) is 2. The maximum atomic E-state index is 12.3. The highest BCUT2D eigenvalue weighted by Crippen LogP contribution is 2.21. The van der Waals surface area contributed by atoms with Crippen molar-refractivity contribution in [1.82, 2.24) is 0 Å². The Morgan fingerprint density at radius 3 is 2.58 bits per heavy atom. The van der Waals surface area contributed by atoms with Gasteiger partial charge in [-0.2, -0.15) is 0 Å². The molecule has 1 aromatic rings. The number of hydrogen-bond donors (Lipinski definition) is 1. The van der Waals surface area contributed by atoms with Crippen molar-refractivity contribution in [3.05, 3.63) is 36.4 Å². The van der Waals surface area contributed by atoms with Crippen molar-refractivity contribution >= 4 is 23.3 Å². The van der Waals surface area contributed by atoms with Gasteiger partial charge in [-0.1, -0.05) is 12.2 Å². The van der Waals surface area contributed by atoms with Gasteiger partial charge in [-0.25, -0.2) is 0 Å². The minimum absolute atomic E-state index is 0.136. The number of nitrogens with one attached hydrogen (secondary N) is 1. The van der Waals surface area contributed by atoms with Gasteiger partial charge in [0.1, 0.15) is 0 Å². The molecule has 0 saturated carbocycles. The van der Waals surface area contributed by atoms with E-state index in [0.717, 1.165) is 44.8 Å². The van der Waals surface area contributed by atoms with Gasteiger partial charge in [0, 0.05) is 24.5 Å². The first kappa shape index (κ1) is 18.5. The van der Waals surface area contributed by atoms with Gasteiger partial charge in [0.2, 0.25) is 0 Å². The number of amides is 1. The number of morpholine rings is 1. The highest BCUT2D eigenvalue weighted by molar-refractivity contribution is 5.95. The zero-order valence-electron chi connectivity index (χ0n) is 15.1. The SMILES string of the molecule is C[C@H](OC(=O)[C@@H]1CC=CCC1)C(=O)Nc1ccc(N2CCOCC2)cc1. The molecule has 2 aliphatic rings. The summed E-state index contributed by atoms with van der Waals surface area (Å²) < 4.78 is 10.7. The molecule has 1 N–H and O–H groups in total. The molecule has 26 heavy (non-hydrogen) atoms. The Labute approximate surface area is 154 Å². The summed E-state index contributed by atoms with van der Waals surface area (Å²) >= 11 is 0. The molecule has 3 rings (SSSR count). The number of allylic oxidation sites excluding steroid dienone is 2. The number of carbonyl (C=O) groups excluding carboxylic acids is 2. The lowest BCUT2D eigenvalue weighted by Crippen LogP contribution is -2.36. The fourth-order valence-corrected chi connectivity index (χ4v) is 3.15. The summed E-state index contributed by atoms with van der Waals surface area (Å²) in [6.45, 7) is 4.81. The summed E-state index contributed by atoms with van der Waals surface area (Å²) in [5.41, 5.74) is 1.80. The summed E-state index contributed by atoms with van der Waals surface area (Å²) in [6, 6.07) is 7.68. The van der Waals surface area contributed by atoms with E-state index in [1.165, 1.54) is 0 Å². The number of benzene rings is 1. The van der Waals surface area contributed by atoms with Crippen LogP contribution in [0.25, 0.3) is 0 Å². The van der Waals surface area contributed by atoms with E-state index in [4.69, 9.17) is 9.47 Å². The van der Waals surface area contributed by atoms with Gasteiger partial charge < -0.3 is 19.7 Å². The molecule has 0 unspecified atom stereocenters. The van der Waals surface area contributed by atoms with E-state index in [-0.39, 0.29) is 17.8 Å². The summed E-state index contributed by atoms with van der Waals surface area (Å²) in [4.78, 5) is 26.7. The van der Waals surface area contributed by atoms with Gasteiger partial charge in [0.05, 0.1) is 19.1 Å². The second kappa shape index (κ2) is 8.85. The third-order valence-corrected chi connectivity index (χ3v) is 4.78. The number of hydrogen-bond acceptors (Lipinski definition) is 5. The molecule has 1 aromatic carbocycles. The molecule has 1 fully saturated rings. The minimum atomic E-state index is -0.813. The first-order valence-electron chi connectivity index (χ1n) is 9.22. The zero-order valence-corrected chi connectivity index (χ0v) is 15.1. The molecule has 0 spiro atoms. The van der Waals surface area contributed by atoms with E-state index in [0.29, 0.717) is 12.1 Å². The van der Waals surface area contributed by atoms with Crippen LogP contribution < -0.4 is 10.2 Å². The van der Waals surface area contributed by atoms with Crippen LogP contribution >= 0.6 is 0 Å². The Balaban J connectivity index is 1.50. The van der Waals surface area contributed by atoms with E-state index in [9.17, 15) is 9.59 Å². The highest BCUT2D eigenvalue weighted by Gasteiger charge is 2.25. The van der Waals surface area contributed by atoms with E-state index < -0.39 is 6.10 Å². The molecule has 1 aliphatic carbocycles. The minimum Gasteiger partial charge on any atom is -0.452 e. The van der Waals surface area contributed by atoms with Crippen LogP contribution in [0.1, 0.15) is 26.2 Å². The molecule has 2 atom stereocenters. The van der Waals surface area contributed by atoms with Crippen LogP contribution in [0.5, 0.6) is 0 Å². The highest BCUT2D eigenvalue weighted by atomic mass is 16.5. The third-order valence-electron chi connectivity index (χ3n) is 4.78. The fraction of sp³-hybridized carbons (Fsp3) is 0.500. The first-order chi connectivity index (χ1) is 12.6. The molecular weight excluding hydrogens is 332 g/mol. The lowest BCUT2D eigenvalue weighted by molar-refractivity contribution is -0.157. The normalized spacial score (nSPS) is 21.1. The second-order valence-electron chi connectivity index (χ2n) is 6.70. The van der Waals surface area contributed by atoms with Gasteiger partial charge in [-0.15, -0.1) is 0 Å². The van der Waals surface area contributed by atoms with E-state index >= 15 is 0 Å². The summed E-state index contributed by atoms with van der Waals surface area (Å²) in [5.74, 6) is -0.744. The van der Waals surface area contributed by atoms with Crippen LogP contribution in [0.2, 0.25) is 0 Å². The third kappa shape index (κ3) is 4.85. The molecule has 0 radical (unpaired) electrons. The van der Waals surface area contributed by atoms with Crippen molar-refractivity contribution in [3.8, 4) is 0 Å². The Bertz CT molecular complexity index is 650. The van der Waals surface area contributed by atoms with Crippen molar-refractivity contribution < 1.29 is 19.1 Å². The maximum absolute atomic E-state index is 12.3. The van der Waals surface area contributed by atoms with Crippen molar-refractivity contribution in [1.29, 1.82) is 0 Å². The summed E-state index contributed by atoms with van der Waals surface area (Å²) in [5, 5.41) is 2.81. The summed E-state index contributed by atoms with van der Waals surface area (Å²) in [7, 11) is 0. The quantitative estimate of drug-likeness (QED) is 0.647. The second-order valence-corrected chi connectivity index (χ2v) is 6.70. The van der Waals surface area contributed by atoms with Crippen LogP contribution in [0.4, 0.5) is 11.4 Å². The zero-order chi connectivity index (χ0) is 18.4. The predicted octanol–water partition coefficient (Wildman–Crippen LogP) is 2.75. The van der Waals surface area contributed by atoms with Gasteiger partial charge in [-0.3, -0.25) is 9.59 Å². The molecule has 6 heteroatoms. The van der Waals surface area contributed by atoms with E-state index in [2.05, 4.69) is 16.3 Å². The maximum Gasteiger partial charge on any atom is 0.310 e. The lowest BCUT2D eigenvalue weighted by atomic mass is 9.95. The van der Waals surface area contributed by atoms with Crippen molar-refractivity contribution in [2.75, 3.05) is 36.5 Å². The van der Waals surface area contributed by atoms with E-state index in [1.54, 1.807) is 6.92 Å². The number of carbonyl (C=O) groups is 2. The number of esters is 1. The number of rotatable bonds is 5. The number of anilines is 2. The monoisotopic (exact) mass is 358 g/mol. The molecule has 1 heterocycles. The first-order valence-corrected chi connectivity index (χ1v) is 9.22. The standard InChI is InChI=1S/C20H26N2O4/c1-15(26-20(24)16-5-3-2-4-6-16)19(23)21-17-7-9-18(10-8-17)22-11-13-25-14-12-22/h2-3,7-10,15-16H,4-6,11-14H2,1H3,(H,21,23)/t15-,16+/m0/s1. The lowest BCUT2D eigenvalue weighted by Gasteiger charge is -2.29. The van der Waals surface area contributed by atoms with Crippen LogP contribution in [0.15, 0.2) is 36.4 Å². The number of nitrogens with zero attached hydrogens (tertiary/aromatic N) is 1. The predicted molar refractivity (Wildman–Crippen MR) is 100 cm³/mol. The molecule has 0 bridgehead atoms. The van der Waals surface area contributed by atoms with Gasteiger partial charge in [0.25, 0.3) is 5.91 Å². The molecule has 6 nitrogen and oxygen atoms in total. The molecule has 1 amide bonds. The van der Waals surface area contributed by atoms with E-state index in [1.807, 2.05) is 30.3 Å². The molecule has 1 aliphatic heterocycles. The Kier molecular flexibility index (Phi) is 6.28. The van der Waals surface area contributed by atoms with Crippen molar-refractivity contribution in [2.45, 2.75) is 32.3 Å². The largest absolute Gasteiger partial charge is 0.452 e. The Hall–Kier alpha value is -2.34. The summed E-state index contributed by atoms with van der Waals surface area (Å²) in [6.07, 6.45) is 5.61. The average molecular weight is 358 g/mol. The van der Waals surface area contributed by atoms with Crippen LogP contribution in [-0.4, -0.2) is 44.3 Å². The average Bonchev–Trinajstić information content (AvgIpc) is 2.70. The van der Waals surface area contributed by atoms with Crippen LogP contribution in [0, 0.1) is 5.92 Å². The molecule has 140 valence electrons. The van der Waals surface area contributed by atoms with Crippen molar-refractivity contribution in [3.63, 3.8) is 0 Å². The van der Waals surface area contributed by atoms with Gasteiger partial charge >= 0.3 is 5.97 Å².